The molecule has 17 N–H and O–H groups in total. The van der Waals surface area contributed by atoms with Gasteiger partial charge in [0.2, 0.25) is 35.4 Å². The van der Waals surface area contributed by atoms with Gasteiger partial charge in [0.05, 0.1) is 12.0 Å². The van der Waals surface area contributed by atoms with Crippen molar-refractivity contribution < 1.29 is 39.0 Å². The summed E-state index contributed by atoms with van der Waals surface area (Å²) in [5.74, 6) is -6.17. The number of benzene rings is 1. The SMILES string of the molecule is C[C@H](C(=O)N[C@@H](CCCNC(=N)N)C(=O)NC(CCC(N)=O)C(=O)N(C)[C@@H](CCCNC(=N)N)C(=O)NC(Cc1ccc(O)cc1)C(N)=O)[C@@H](C)O. The Kier molecular flexibility index (Phi) is 19.0. The van der Waals surface area contributed by atoms with Gasteiger partial charge >= 0.3 is 0 Å². The summed E-state index contributed by atoms with van der Waals surface area (Å²) in [6.45, 7) is 3.21. The van der Waals surface area contributed by atoms with E-state index in [1.165, 1.54) is 33.0 Å². The lowest BCUT2D eigenvalue weighted by atomic mass is 10.0. The first kappa shape index (κ1) is 44.4. The van der Waals surface area contributed by atoms with Gasteiger partial charge in [0.15, 0.2) is 11.9 Å². The number of rotatable bonds is 23. The summed E-state index contributed by atoms with van der Waals surface area (Å²) in [6.07, 6.45) is -1.18. The minimum atomic E-state index is -1.41. The zero-order chi connectivity index (χ0) is 39.5. The van der Waals surface area contributed by atoms with Gasteiger partial charge in [0.1, 0.15) is 29.9 Å². The van der Waals surface area contributed by atoms with E-state index in [0.717, 1.165) is 4.90 Å². The van der Waals surface area contributed by atoms with Gasteiger partial charge in [-0.05, 0) is 56.7 Å². The normalized spacial score (nSPS) is 14.2. The van der Waals surface area contributed by atoms with Crippen molar-refractivity contribution >= 4 is 47.4 Å². The standard InChI is InChI=1S/C32H54N12O8/c1-17(18(2)45)27(49)41-21(6-4-14-39-31(35)36)28(50)42-22(12-13-25(33)47)30(52)44(3)24(7-5-15-40-32(37)38)29(51)43-23(26(34)48)16-19-8-10-20(46)11-9-19/h8-11,17-18,21-24,45-46H,4-7,12-16H2,1-3H3,(H2,33,47)(H2,34,48)(H,41,49)(H,42,50)(H,43,51)(H4,35,36,39)(H4,37,38,40)/t17-,18+,21-,22?,23?,24-/m0/s1. The number of aliphatic hydroxyl groups is 1. The molecular weight excluding hydrogens is 680 g/mol. The van der Waals surface area contributed by atoms with Gasteiger partial charge in [-0.1, -0.05) is 19.1 Å². The van der Waals surface area contributed by atoms with Crippen molar-refractivity contribution in [1.82, 2.24) is 31.5 Å². The largest absolute Gasteiger partial charge is 0.508 e. The minimum Gasteiger partial charge on any atom is -0.508 e. The number of amides is 6. The number of nitrogens with two attached hydrogens (primary N) is 4. The molecule has 0 aliphatic carbocycles. The highest BCUT2D eigenvalue weighted by Crippen LogP contribution is 2.15. The predicted molar refractivity (Wildman–Crippen MR) is 191 cm³/mol. The molecule has 1 aromatic carbocycles. The highest BCUT2D eigenvalue weighted by atomic mass is 16.3. The number of aromatic hydroxyl groups is 1. The third-order valence-corrected chi connectivity index (χ3v) is 8.17. The van der Waals surface area contributed by atoms with Gasteiger partial charge in [-0.25, -0.2) is 0 Å². The molecule has 0 saturated carbocycles. The van der Waals surface area contributed by atoms with Crippen molar-refractivity contribution in [3.8, 4) is 5.75 Å². The maximum Gasteiger partial charge on any atom is 0.245 e. The van der Waals surface area contributed by atoms with Crippen LogP contribution in [0.3, 0.4) is 0 Å². The number of carbonyl (C=O) groups excluding carboxylic acids is 6. The highest BCUT2D eigenvalue weighted by molar-refractivity contribution is 5.95. The molecule has 52 heavy (non-hydrogen) atoms. The molecular formula is C32H54N12O8. The summed E-state index contributed by atoms with van der Waals surface area (Å²) in [7, 11) is 1.30. The summed E-state index contributed by atoms with van der Waals surface area (Å²) in [6, 6.07) is 0.799. The van der Waals surface area contributed by atoms with Crippen LogP contribution in [0.15, 0.2) is 24.3 Å². The van der Waals surface area contributed by atoms with Gasteiger partial charge < -0.3 is 64.6 Å². The number of aliphatic hydroxyl groups excluding tert-OH is 1. The maximum absolute atomic E-state index is 14.0. The van der Waals surface area contributed by atoms with Crippen molar-refractivity contribution in [2.45, 2.75) is 89.1 Å². The van der Waals surface area contributed by atoms with Gasteiger partial charge in [-0.15, -0.1) is 0 Å². The number of hydrogen-bond donors (Lipinski definition) is 13. The lowest BCUT2D eigenvalue weighted by Gasteiger charge is -2.32. The number of phenolic OH excluding ortho intramolecular Hbond substituents is 1. The van der Waals surface area contributed by atoms with Gasteiger partial charge in [0.25, 0.3) is 0 Å². The van der Waals surface area contributed by atoms with Crippen molar-refractivity contribution in [3.05, 3.63) is 29.8 Å². The first-order valence-electron chi connectivity index (χ1n) is 16.7. The zero-order valence-electron chi connectivity index (χ0n) is 29.7. The van der Waals surface area contributed by atoms with Crippen molar-refractivity contribution in [3.63, 3.8) is 0 Å². The van der Waals surface area contributed by atoms with E-state index in [1.54, 1.807) is 12.1 Å². The van der Waals surface area contributed by atoms with Crippen LogP contribution in [0.4, 0.5) is 0 Å². The molecule has 6 atom stereocenters. The van der Waals surface area contributed by atoms with Crippen LogP contribution in [0.2, 0.25) is 0 Å². The Bertz CT molecular complexity index is 1410. The topological polar surface area (TPSA) is 358 Å². The lowest BCUT2D eigenvalue weighted by molar-refractivity contribution is -0.143. The lowest BCUT2D eigenvalue weighted by Crippen LogP contribution is -2.59. The fourth-order valence-electron chi connectivity index (χ4n) is 4.91. The minimum absolute atomic E-state index is 0.00536. The average molecular weight is 735 g/mol. The number of primary amides is 2. The summed E-state index contributed by atoms with van der Waals surface area (Å²) in [5.41, 5.74) is 22.2. The molecule has 0 fully saturated rings. The molecule has 2 unspecified atom stereocenters. The monoisotopic (exact) mass is 734 g/mol. The Balaban J connectivity index is 3.38. The van der Waals surface area contributed by atoms with Gasteiger partial charge in [-0.2, -0.15) is 0 Å². The molecule has 0 heterocycles. The molecule has 6 amide bonds. The Labute approximate surface area is 302 Å². The van der Waals surface area contributed by atoms with Crippen LogP contribution in [0, 0.1) is 16.7 Å². The van der Waals surface area contributed by atoms with Gasteiger partial charge in [0, 0.05) is 33.0 Å². The first-order chi connectivity index (χ1) is 24.3. The Hall–Kier alpha value is -5.66. The van der Waals surface area contributed by atoms with Crippen LogP contribution in [0.1, 0.15) is 57.9 Å². The zero-order valence-corrected chi connectivity index (χ0v) is 29.7. The molecule has 1 aromatic rings. The molecule has 290 valence electrons. The second kappa shape index (κ2) is 22.2. The summed E-state index contributed by atoms with van der Waals surface area (Å²) in [4.78, 5) is 79.4. The molecule has 0 aromatic heterocycles. The molecule has 20 nitrogen and oxygen atoms in total. The summed E-state index contributed by atoms with van der Waals surface area (Å²) >= 11 is 0. The first-order valence-corrected chi connectivity index (χ1v) is 16.7. The van der Waals surface area contributed by atoms with E-state index in [2.05, 4.69) is 26.6 Å². The van der Waals surface area contributed by atoms with Crippen LogP contribution in [0.25, 0.3) is 0 Å². The van der Waals surface area contributed by atoms with Crippen LogP contribution in [-0.4, -0.2) is 113 Å². The molecule has 0 saturated heterocycles. The van der Waals surface area contributed by atoms with Crippen molar-refractivity contribution in [2.24, 2.45) is 28.9 Å². The quantitative estimate of drug-likeness (QED) is 0.0296. The molecule has 0 bridgehead atoms. The van der Waals surface area contributed by atoms with Crippen LogP contribution in [0.5, 0.6) is 5.75 Å². The fourth-order valence-corrected chi connectivity index (χ4v) is 4.91. The van der Waals surface area contributed by atoms with E-state index in [9.17, 15) is 39.0 Å². The van der Waals surface area contributed by atoms with E-state index in [0.29, 0.717) is 5.56 Å². The molecule has 0 aliphatic heterocycles. The summed E-state index contributed by atoms with van der Waals surface area (Å²) in [5, 5.41) is 47.1. The van der Waals surface area contributed by atoms with E-state index in [4.69, 9.17) is 33.8 Å². The fraction of sp³-hybridized carbons (Fsp3) is 0.562. The third-order valence-electron chi connectivity index (χ3n) is 8.17. The molecule has 1 rings (SSSR count). The Morgan fingerprint density at radius 1 is 0.750 bits per heavy atom. The number of phenols is 1. The smallest absolute Gasteiger partial charge is 0.245 e. The van der Waals surface area contributed by atoms with Crippen LogP contribution >= 0.6 is 0 Å². The van der Waals surface area contributed by atoms with E-state index in [-0.39, 0.29) is 75.7 Å². The second-order valence-electron chi connectivity index (χ2n) is 12.4. The van der Waals surface area contributed by atoms with E-state index < -0.39 is 71.6 Å². The predicted octanol–water partition coefficient (Wildman–Crippen LogP) is -3.49. The van der Waals surface area contributed by atoms with E-state index in [1.807, 2.05) is 0 Å². The average Bonchev–Trinajstić information content (AvgIpc) is 3.06. The van der Waals surface area contributed by atoms with Gasteiger partial charge in [-0.3, -0.25) is 39.6 Å². The number of carbonyl (C=O) groups is 6. The van der Waals surface area contributed by atoms with Crippen molar-refractivity contribution in [2.75, 3.05) is 20.1 Å². The Morgan fingerprint density at radius 3 is 1.77 bits per heavy atom. The molecule has 0 spiro atoms. The number of likely N-dealkylation sites (N-methyl/N-ethyl adjacent to an activating group) is 1. The highest BCUT2D eigenvalue weighted by Gasteiger charge is 2.35. The molecule has 0 radical (unpaired) electrons. The Morgan fingerprint density at radius 2 is 1.27 bits per heavy atom. The second-order valence-corrected chi connectivity index (χ2v) is 12.4. The number of nitrogens with one attached hydrogen (secondary N) is 7. The maximum atomic E-state index is 14.0. The number of hydrogen-bond acceptors (Lipinski definition) is 10. The van der Waals surface area contributed by atoms with Crippen LogP contribution in [-0.2, 0) is 35.2 Å². The summed E-state index contributed by atoms with van der Waals surface area (Å²) < 4.78 is 0. The van der Waals surface area contributed by atoms with Crippen molar-refractivity contribution in [1.29, 1.82) is 10.8 Å². The van der Waals surface area contributed by atoms with Crippen LogP contribution < -0.4 is 49.5 Å². The number of guanidine groups is 2. The van der Waals surface area contributed by atoms with E-state index >= 15 is 0 Å². The third kappa shape index (κ3) is 16.4. The molecule has 20 heteroatoms. The molecule has 0 aliphatic rings. The number of nitrogens with zero attached hydrogens (tertiary/aromatic N) is 1.